The highest BCUT2D eigenvalue weighted by molar-refractivity contribution is 5.88. The summed E-state index contributed by atoms with van der Waals surface area (Å²) < 4.78 is 0. The molecule has 0 bridgehead atoms. The smallest absolute Gasteiger partial charge is 0.221 e. The van der Waals surface area contributed by atoms with Gasteiger partial charge in [-0.05, 0) is 44.1 Å². The summed E-state index contributed by atoms with van der Waals surface area (Å²) in [4.78, 5) is 13.3. The van der Waals surface area contributed by atoms with Crippen molar-refractivity contribution in [2.45, 2.75) is 33.7 Å². The van der Waals surface area contributed by atoms with Gasteiger partial charge in [-0.15, -0.1) is 0 Å². The number of benzene rings is 1. The Labute approximate surface area is 128 Å². The average molecular weight is 291 g/mol. The van der Waals surface area contributed by atoms with Gasteiger partial charge in [0, 0.05) is 31.7 Å². The molecule has 4 nitrogen and oxygen atoms in total. The molecular weight excluding hydrogens is 262 g/mol. The van der Waals surface area contributed by atoms with E-state index in [0.29, 0.717) is 0 Å². The Hall–Kier alpha value is -1.39. The highest BCUT2D eigenvalue weighted by atomic mass is 16.1. The number of amides is 1. The van der Waals surface area contributed by atoms with E-state index >= 15 is 0 Å². The fourth-order valence-corrected chi connectivity index (χ4v) is 2.55. The predicted octanol–water partition coefficient (Wildman–Crippen LogP) is 2.88. The Morgan fingerprint density at radius 1 is 1.33 bits per heavy atom. The highest BCUT2D eigenvalue weighted by Gasteiger charge is 2.19. The topological polar surface area (TPSA) is 44.4 Å². The van der Waals surface area contributed by atoms with Gasteiger partial charge in [0.2, 0.25) is 5.91 Å². The second kappa shape index (κ2) is 7.57. The normalized spacial score (nSPS) is 13.3. The van der Waals surface area contributed by atoms with Crippen LogP contribution in [0, 0.1) is 5.41 Å². The summed E-state index contributed by atoms with van der Waals surface area (Å²) in [6, 6.07) is 8.25. The first-order valence-corrected chi connectivity index (χ1v) is 7.45. The van der Waals surface area contributed by atoms with Gasteiger partial charge in [0.25, 0.3) is 0 Å². The number of nitrogens with zero attached hydrogens (tertiary/aromatic N) is 1. The molecule has 0 aliphatic rings. The van der Waals surface area contributed by atoms with E-state index < -0.39 is 0 Å². The zero-order valence-corrected chi connectivity index (χ0v) is 14.2. The monoisotopic (exact) mass is 291 g/mol. The van der Waals surface area contributed by atoms with Gasteiger partial charge < -0.3 is 15.5 Å². The molecule has 1 unspecified atom stereocenters. The Bertz CT molecular complexity index is 469. The summed E-state index contributed by atoms with van der Waals surface area (Å²) in [6.45, 7) is 10.2. The third-order valence-corrected chi connectivity index (χ3v) is 3.34. The van der Waals surface area contributed by atoms with Crippen molar-refractivity contribution < 1.29 is 4.79 Å². The minimum absolute atomic E-state index is 0.0418. The van der Waals surface area contributed by atoms with Crippen LogP contribution in [0.1, 0.15) is 39.3 Å². The number of nitrogens with one attached hydrogen (secondary N) is 2. The van der Waals surface area contributed by atoms with E-state index in [1.54, 1.807) is 0 Å². The van der Waals surface area contributed by atoms with Gasteiger partial charge in [-0.3, -0.25) is 4.79 Å². The molecule has 1 rings (SSSR count). The van der Waals surface area contributed by atoms with Gasteiger partial charge in [-0.2, -0.15) is 0 Å². The largest absolute Gasteiger partial charge is 0.326 e. The van der Waals surface area contributed by atoms with Crippen molar-refractivity contribution in [1.82, 2.24) is 10.2 Å². The first-order valence-electron chi connectivity index (χ1n) is 7.45. The maximum absolute atomic E-state index is 11.1. The van der Waals surface area contributed by atoms with Gasteiger partial charge in [0.05, 0.1) is 0 Å². The van der Waals surface area contributed by atoms with E-state index in [9.17, 15) is 4.79 Å². The summed E-state index contributed by atoms with van der Waals surface area (Å²) in [5.41, 5.74) is 2.25. The highest BCUT2D eigenvalue weighted by Crippen LogP contribution is 2.20. The van der Waals surface area contributed by atoms with Crippen molar-refractivity contribution in [3.63, 3.8) is 0 Å². The maximum Gasteiger partial charge on any atom is 0.221 e. The van der Waals surface area contributed by atoms with Crippen LogP contribution in [0.25, 0.3) is 0 Å². The first-order chi connectivity index (χ1) is 9.69. The molecule has 1 aromatic carbocycles. The lowest BCUT2D eigenvalue weighted by Gasteiger charge is -2.30. The fraction of sp³-hybridized carbons (Fsp3) is 0.588. The molecule has 0 fully saturated rings. The summed E-state index contributed by atoms with van der Waals surface area (Å²) in [6.07, 6.45) is 0. The first kappa shape index (κ1) is 17.7. The fourth-order valence-electron chi connectivity index (χ4n) is 2.55. The van der Waals surface area contributed by atoms with Crippen molar-refractivity contribution in [2.75, 3.05) is 32.5 Å². The number of hydrogen-bond acceptors (Lipinski definition) is 3. The summed E-state index contributed by atoms with van der Waals surface area (Å²) in [7, 11) is 4.20. The lowest BCUT2D eigenvalue weighted by Crippen LogP contribution is -2.38. The van der Waals surface area contributed by atoms with Crippen LogP contribution in [0.15, 0.2) is 24.3 Å². The quantitative estimate of drug-likeness (QED) is 0.812. The zero-order chi connectivity index (χ0) is 16.0. The number of carbonyl (C=O) groups is 1. The standard InChI is InChI=1S/C17H29N3O/c1-13(18-11-17(3,4)12-20(5)6)15-8-7-9-16(10-15)19-14(2)21/h7-10,13,18H,11-12H2,1-6H3,(H,19,21). The second-order valence-corrected chi connectivity index (χ2v) is 6.81. The third kappa shape index (κ3) is 6.74. The van der Waals surface area contributed by atoms with E-state index in [-0.39, 0.29) is 17.4 Å². The van der Waals surface area contributed by atoms with E-state index in [2.05, 4.69) is 56.5 Å². The van der Waals surface area contributed by atoms with Crippen LogP contribution in [0.5, 0.6) is 0 Å². The molecular formula is C17H29N3O. The Balaban J connectivity index is 2.63. The van der Waals surface area contributed by atoms with Crippen LogP contribution >= 0.6 is 0 Å². The summed E-state index contributed by atoms with van der Waals surface area (Å²) in [5.74, 6) is -0.0418. The Morgan fingerprint density at radius 2 is 2.00 bits per heavy atom. The molecule has 2 N–H and O–H groups in total. The molecule has 1 atom stereocenters. The lowest BCUT2D eigenvalue weighted by molar-refractivity contribution is -0.114. The number of anilines is 1. The van der Waals surface area contributed by atoms with Crippen LogP contribution in [0.2, 0.25) is 0 Å². The lowest BCUT2D eigenvalue weighted by atomic mass is 9.92. The van der Waals surface area contributed by atoms with Gasteiger partial charge in [-0.1, -0.05) is 26.0 Å². The number of hydrogen-bond donors (Lipinski definition) is 2. The van der Waals surface area contributed by atoms with Crippen molar-refractivity contribution in [3.8, 4) is 0 Å². The van der Waals surface area contributed by atoms with Crippen LogP contribution in [0.3, 0.4) is 0 Å². The van der Waals surface area contributed by atoms with E-state index in [4.69, 9.17) is 0 Å². The van der Waals surface area contributed by atoms with Crippen molar-refractivity contribution in [2.24, 2.45) is 5.41 Å². The van der Waals surface area contributed by atoms with Crippen molar-refractivity contribution >= 4 is 11.6 Å². The average Bonchev–Trinajstić information content (AvgIpc) is 2.34. The van der Waals surface area contributed by atoms with Crippen molar-refractivity contribution in [3.05, 3.63) is 29.8 Å². The molecule has 0 aliphatic carbocycles. The van der Waals surface area contributed by atoms with Gasteiger partial charge >= 0.3 is 0 Å². The molecule has 118 valence electrons. The number of rotatable bonds is 7. The Kier molecular flexibility index (Phi) is 6.37. The van der Waals surface area contributed by atoms with Crippen molar-refractivity contribution in [1.29, 1.82) is 0 Å². The maximum atomic E-state index is 11.1. The molecule has 4 heteroatoms. The van der Waals surface area contributed by atoms with Crippen LogP contribution in [-0.2, 0) is 4.79 Å². The minimum atomic E-state index is -0.0418. The third-order valence-electron chi connectivity index (χ3n) is 3.34. The van der Waals surface area contributed by atoms with E-state index in [1.807, 2.05) is 18.2 Å². The van der Waals surface area contributed by atoms with Crippen LogP contribution in [0.4, 0.5) is 5.69 Å². The summed E-state index contributed by atoms with van der Waals surface area (Å²) in [5, 5.41) is 6.41. The predicted molar refractivity (Wildman–Crippen MR) is 89.5 cm³/mol. The van der Waals surface area contributed by atoms with Crippen LogP contribution in [-0.4, -0.2) is 38.0 Å². The second-order valence-electron chi connectivity index (χ2n) is 6.81. The molecule has 0 spiro atoms. The van der Waals surface area contributed by atoms with Crippen LogP contribution < -0.4 is 10.6 Å². The molecule has 0 aliphatic heterocycles. The zero-order valence-electron chi connectivity index (χ0n) is 14.2. The molecule has 0 aromatic heterocycles. The van der Waals surface area contributed by atoms with E-state index in [0.717, 1.165) is 18.8 Å². The van der Waals surface area contributed by atoms with Gasteiger partial charge in [0.1, 0.15) is 0 Å². The number of carbonyl (C=O) groups excluding carboxylic acids is 1. The SMILES string of the molecule is CC(=O)Nc1cccc(C(C)NCC(C)(C)CN(C)C)c1. The van der Waals surface area contributed by atoms with E-state index in [1.165, 1.54) is 12.5 Å². The molecule has 1 amide bonds. The molecule has 0 radical (unpaired) electrons. The molecule has 1 aromatic rings. The molecule has 0 saturated carbocycles. The van der Waals surface area contributed by atoms with Gasteiger partial charge in [0.15, 0.2) is 0 Å². The molecule has 0 heterocycles. The van der Waals surface area contributed by atoms with Gasteiger partial charge in [-0.25, -0.2) is 0 Å². The Morgan fingerprint density at radius 3 is 2.57 bits per heavy atom. The summed E-state index contributed by atoms with van der Waals surface area (Å²) >= 11 is 0. The molecule has 21 heavy (non-hydrogen) atoms. The minimum Gasteiger partial charge on any atom is -0.326 e. The molecule has 0 saturated heterocycles.